The summed E-state index contributed by atoms with van der Waals surface area (Å²) in [5.74, 6) is 5.75. The van der Waals surface area contributed by atoms with Crippen LogP contribution in [-0.4, -0.2) is 12.1 Å². The summed E-state index contributed by atoms with van der Waals surface area (Å²) in [7, 11) is 0. The molecule has 72 valence electrons. The number of nitrogens with one attached hydrogen (secondary N) is 2. The van der Waals surface area contributed by atoms with Crippen LogP contribution in [0.1, 0.15) is 12.7 Å². The fourth-order valence-corrected chi connectivity index (χ4v) is 1.05. The van der Waals surface area contributed by atoms with Crippen LogP contribution in [0.2, 0.25) is 0 Å². The molecule has 2 amide bonds. The average Bonchev–Trinajstić information content (AvgIpc) is 2.56. The summed E-state index contributed by atoms with van der Waals surface area (Å²) in [6.07, 6.45) is 2.26. The van der Waals surface area contributed by atoms with Gasteiger partial charge in [0.25, 0.3) is 0 Å². The van der Waals surface area contributed by atoms with Crippen LogP contribution in [-0.2, 0) is 6.42 Å². The molecule has 1 atom stereocenters. The summed E-state index contributed by atoms with van der Waals surface area (Å²) in [5, 5.41) is 2.63. The summed E-state index contributed by atoms with van der Waals surface area (Å²) in [6.45, 7) is 1.87. The van der Waals surface area contributed by atoms with E-state index in [-0.39, 0.29) is 12.1 Å². The first-order valence-corrected chi connectivity index (χ1v) is 4.02. The van der Waals surface area contributed by atoms with E-state index in [2.05, 4.69) is 5.32 Å². The number of furan rings is 1. The minimum absolute atomic E-state index is 0.00491. The molecule has 0 bridgehead atoms. The van der Waals surface area contributed by atoms with Crippen LogP contribution in [0.3, 0.4) is 0 Å². The summed E-state index contributed by atoms with van der Waals surface area (Å²) < 4.78 is 5.12. The number of nitrogens with two attached hydrogens (primary N) is 1. The van der Waals surface area contributed by atoms with Gasteiger partial charge in [0.1, 0.15) is 5.76 Å². The van der Waals surface area contributed by atoms with E-state index in [1.165, 1.54) is 0 Å². The van der Waals surface area contributed by atoms with E-state index in [9.17, 15) is 4.79 Å². The third-order valence-corrected chi connectivity index (χ3v) is 1.60. The summed E-state index contributed by atoms with van der Waals surface area (Å²) in [4.78, 5) is 10.8. The second kappa shape index (κ2) is 4.51. The fourth-order valence-electron chi connectivity index (χ4n) is 1.05. The first kappa shape index (κ1) is 9.60. The number of hydrazine groups is 1. The fraction of sp³-hybridized carbons (Fsp3) is 0.375. The van der Waals surface area contributed by atoms with E-state index in [0.717, 1.165) is 5.76 Å². The number of rotatable bonds is 3. The second-order valence-electron chi connectivity index (χ2n) is 2.80. The van der Waals surface area contributed by atoms with E-state index < -0.39 is 0 Å². The van der Waals surface area contributed by atoms with Crippen molar-refractivity contribution >= 4 is 6.03 Å². The minimum atomic E-state index is -0.390. The Morgan fingerprint density at radius 3 is 3.08 bits per heavy atom. The molecule has 5 nitrogen and oxygen atoms in total. The summed E-state index contributed by atoms with van der Waals surface area (Å²) >= 11 is 0. The zero-order valence-corrected chi connectivity index (χ0v) is 7.41. The van der Waals surface area contributed by atoms with Crippen molar-refractivity contribution in [1.29, 1.82) is 0 Å². The Bertz CT molecular complexity index is 258. The minimum Gasteiger partial charge on any atom is -0.469 e. The van der Waals surface area contributed by atoms with Crippen LogP contribution >= 0.6 is 0 Å². The van der Waals surface area contributed by atoms with Crippen LogP contribution in [0, 0.1) is 0 Å². The largest absolute Gasteiger partial charge is 0.469 e. The standard InChI is InChI=1S/C8H13N3O2/c1-6(10-8(12)11-9)5-7-3-2-4-13-7/h2-4,6H,5,9H2,1H3,(H2,10,11,12). The van der Waals surface area contributed by atoms with Crippen LogP contribution in [0.4, 0.5) is 4.79 Å². The van der Waals surface area contributed by atoms with Gasteiger partial charge in [0, 0.05) is 12.5 Å². The Balaban J connectivity index is 2.33. The molecule has 0 radical (unpaired) electrons. The zero-order valence-electron chi connectivity index (χ0n) is 7.41. The quantitative estimate of drug-likeness (QED) is 0.360. The average molecular weight is 183 g/mol. The van der Waals surface area contributed by atoms with Gasteiger partial charge in [0.2, 0.25) is 0 Å². The van der Waals surface area contributed by atoms with Crippen molar-refractivity contribution in [2.45, 2.75) is 19.4 Å². The van der Waals surface area contributed by atoms with Crippen molar-refractivity contribution in [2.75, 3.05) is 0 Å². The molecule has 1 aromatic heterocycles. The molecule has 1 unspecified atom stereocenters. The van der Waals surface area contributed by atoms with E-state index >= 15 is 0 Å². The first-order valence-electron chi connectivity index (χ1n) is 4.02. The van der Waals surface area contributed by atoms with E-state index in [0.29, 0.717) is 6.42 Å². The van der Waals surface area contributed by atoms with Crippen LogP contribution in [0.5, 0.6) is 0 Å². The lowest BCUT2D eigenvalue weighted by Gasteiger charge is -2.11. The van der Waals surface area contributed by atoms with Crippen molar-refractivity contribution < 1.29 is 9.21 Å². The van der Waals surface area contributed by atoms with Crippen molar-refractivity contribution in [3.05, 3.63) is 24.2 Å². The Morgan fingerprint density at radius 1 is 1.77 bits per heavy atom. The molecule has 0 aliphatic heterocycles. The zero-order chi connectivity index (χ0) is 9.68. The second-order valence-corrected chi connectivity index (χ2v) is 2.80. The van der Waals surface area contributed by atoms with Crippen LogP contribution < -0.4 is 16.6 Å². The van der Waals surface area contributed by atoms with Crippen LogP contribution in [0.25, 0.3) is 0 Å². The van der Waals surface area contributed by atoms with Gasteiger partial charge in [-0.05, 0) is 19.1 Å². The molecule has 13 heavy (non-hydrogen) atoms. The number of urea groups is 1. The monoisotopic (exact) mass is 183 g/mol. The van der Waals surface area contributed by atoms with Crippen molar-refractivity contribution in [3.63, 3.8) is 0 Å². The number of hydrogen-bond acceptors (Lipinski definition) is 3. The lowest BCUT2D eigenvalue weighted by Crippen LogP contribution is -2.44. The van der Waals surface area contributed by atoms with Gasteiger partial charge in [0.05, 0.1) is 6.26 Å². The maximum atomic E-state index is 10.8. The van der Waals surface area contributed by atoms with Gasteiger partial charge in [-0.1, -0.05) is 0 Å². The summed E-state index contributed by atoms with van der Waals surface area (Å²) in [6, 6.07) is 3.28. The van der Waals surface area contributed by atoms with Crippen molar-refractivity contribution in [3.8, 4) is 0 Å². The van der Waals surface area contributed by atoms with E-state index in [4.69, 9.17) is 10.3 Å². The molecule has 0 aliphatic carbocycles. The highest BCUT2D eigenvalue weighted by atomic mass is 16.3. The number of amides is 2. The van der Waals surface area contributed by atoms with Gasteiger partial charge in [-0.25, -0.2) is 10.6 Å². The smallest absolute Gasteiger partial charge is 0.329 e. The molecular formula is C8H13N3O2. The summed E-state index contributed by atoms with van der Waals surface area (Å²) in [5.41, 5.74) is 1.99. The highest BCUT2D eigenvalue weighted by molar-refractivity contribution is 5.73. The Morgan fingerprint density at radius 2 is 2.54 bits per heavy atom. The molecular weight excluding hydrogens is 170 g/mol. The molecule has 5 heteroatoms. The van der Waals surface area contributed by atoms with E-state index in [1.807, 2.05) is 24.5 Å². The van der Waals surface area contributed by atoms with Crippen LogP contribution in [0.15, 0.2) is 22.8 Å². The molecule has 0 aliphatic rings. The maximum Gasteiger partial charge on any atom is 0.329 e. The molecule has 0 saturated heterocycles. The lowest BCUT2D eigenvalue weighted by atomic mass is 10.2. The molecule has 1 aromatic rings. The van der Waals surface area contributed by atoms with Crippen molar-refractivity contribution in [2.24, 2.45) is 5.84 Å². The number of hydrogen-bond donors (Lipinski definition) is 3. The van der Waals surface area contributed by atoms with Gasteiger partial charge in [-0.3, -0.25) is 5.43 Å². The van der Waals surface area contributed by atoms with Crippen molar-refractivity contribution in [1.82, 2.24) is 10.7 Å². The first-order chi connectivity index (χ1) is 6.22. The predicted octanol–water partition coefficient (Wildman–Crippen LogP) is 0.384. The number of carbonyl (C=O) groups is 1. The van der Waals surface area contributed by atoms with Gasteiger partial charge in [-0.2, -0.15) is 0 Å². The topological polar surface area (TPSA) is 80.3 Å². The van der Waals surface area contributed by atoms with Gasteiger partial charge < -0.3 is 9.73 Å². The predicted molar refractivity (Wildman–Crippen MR) is 47.7 cm³/mol. The maximum absolute atomic E-state index is 10.8. The SMILES string of the molecule is CC(Cc1ccco1)NC(=O)NN. The molecule has 0 fully saturated rings. The van der Waals surface area contributed by atoms with E-state index in [1.54, 1.807) is 6.26 Å². The van der Waals surface area contributed by atoms with Gasteiger partial charge in [0.15, 0.2) is 0 Å². The molecule has 1 rings (SSSR count). The Hall–Kier alpha value is -1.49. The highest BCUT2D eigenvalue weighted by Crippen LogP contribution is 2.03. The lowest BCUT2D eigenvalue weighted by molar-refractivity contribution is 0.237. The molecule has 1 heterocycles. The van der Waals surface area contributed by atoms with Gasteiger partial charge in [-0.15, -0.1) is 0 Å². The molecule has 0 aromatic carbocycles. The van der Waals surface area contributed by atoms with Gasteiger partial charge >= 0.3 is 6.03 Å². The molecule has 4 N–H and O–H groups in total. The number of carbonyl (C=O) groups excluding carboxylic acids is 1. The highest BCUT2D eigenvalue weighted by Gasteiger charge is 2.07. The molecule has 0 saturated carbocycles. The molecule has 0 spiro atoms. The Kier molecular flexibility index (Phi) is 3.33. The Labute approximate surface area is 76.3 Å². The third kappa shape index (κ3) is 3.16. The third-order valence-electron chi connectivity index (χ3n) is 1.60. The normalized spacial score (nSPS) is 12.2.